The first-order valence-corrected chi connectivity index (χ1v) is 10.7. The summed E-state index contributed by atoms with van der Waals surface area (Å²) in [6.07, 6.45) is 6.51. The second-order valence-electron chi connectivity index (χ2n) is 5.41. The molecule has 0 bridgehead atoms. The van der Waals surface area contributed by atoms with Crippen LogP contribution in [0.1, 0.15) is 17.5 Å². The van der Waals surface area contributed by atoms with Crippen molar-refractivity contribution in [2.75, 3.05) is 16.9 Å². The SMILES string of the molecule is CS(=O)(=O)c1sc(NC(=O)Nc2ccc(Br)cc2)c2c1C=CCC2. The van der Waals surface area contributed by atoms with Crippen molar-refractivity contribution in [2.45, 2.75) is 17.1 Å². The summed E-state index contributed by atoms with van der Waals surface area (Å²) in [7, 11) is -3.33. The molecule has 126 valence electrons. The summed E-state index contributed by atoms with van der Waals surface area (Å²) >= 11 is 4.44. The molecule has 0 unspecified atom stereocenters. The van der Waals surface area contributed by atoms with Crippen molar-refractivity contribution in [2.24, 2.45) is 0 Å². The summed E-state index contributed by atoms with van der Waals surface area (Å²) in [5, 5.41) is 6.11. The Bertz CT molecular complexity index is 916. The van der Waals surface area contributed by atoms with E-state index < -0.39 is 15.9 Å². The molecule has 0 atom stereocenters. The van der Waals surface area contributed by atoms with Gasteiger partial charge in [-0.15, -0.1) is 11.3 Å². The van der Waals surface area contributed by atoms with Crippen molar-refractivity contribution in [3.05, 3.63) is 45.9 Å². The molecule has 0 radical (unpaired) electrons. The van der Waals surface area contributed by atoms with Crippen molar-refractivity contribution in [3.8, 4) is 0 Å². The van der Waals surface area contributed by atoms with Crippen molar-refractivity contribution in [1.82, 2.24) is 0 Å². The van der Waals surface area contributed by atoms with Gasteiger partial charge in [0.25, 0.3) is 0 Å². The third-order valence-corrected chi connectivity index (χ3v) is 7.06. The Morgan fingerprint density at radius 1 is 1.21 bits per heavy atom. The average Bonchev–Trinajstić information content (AvgIpc) is 2.89. The number of fused-ring (bicyclic) bond motifs is 1. The lowest BCUT2D eigenvalue weighted by molar-refractivity contribution is 0.262. The summed E-state index contributed by atoms with van der Waals surface area (Å²) in [5.74, 6) is 0. The van der Waals surface area contributed by atoms with Gasteiger partial charge in [-0.25, -0.2) is 13.2 Å². The zero-order chi connectivity index (χ0) is 17.3. The number of thiophene rings is 1. The van der Waals surface area contributed by atoms with E-state index in [0.29, 0.717) is 26.9 Å². The van der Waals surface area contributed by atoms with Crippen LogP contribution < -0.4 is 10.6 Å². The minimum Gasteiger partial charge on any atom is -0.308 e. The van der Waals surface area contributed by atoms with E-state index in [2.05, 4.69) is 26.6 Å². The largest absolute Gasteiger partial charge is 0.324 e. The van der Waals surface area contributed by atoms with Gasteiger partial charge in [0.1, 0.15) is 9.21 Å². The molecule has 2 N–H and O–H groups in total. The molecule has 24 heavy (non-hydrogen) atoms. The highest BCUT2D eigenvalue weighted by Gasteiger charge is 2.24. The molecule has 2 aromatic rings. The van der Waals surface area contributed by atoms with Crippen molar-refractivity contribution in [3.63, 3.8) is 0 Å². The third-order valence-electron chi connectivity index (χ3n) is 3.53. The van der Waals surface area contributed by atoms with Gasteiger partial charge in [-0.3, -0.25) is 5.32 Å². The highest BCUT2D eigenvalue weighted by molar-refractivity contribution is 9.10. The number of anilines is 2. The van der Waals surface area contributed by atoms with Crippen molar-refractivity contribution in [1.29, 1.82) is 0 Å². The second-order valence-corrected chi connectivity index (χ2v) is 9.56. The predicted molar refractivity (Wildman–Crippen MR) is 102 cm³/mol. The van der Waals surface area contributed by atoms with E-state index in [9.17, 15) is 13.2 Å². The minimum atomic E-state index is -3.33. The van der Waals surface area contributed by atoms with E-state index >= 15 is 0 Å². The fraction of sp³-hybridized carbons (Fsp3) is 0.188. The van der Waals surface area contributed by atoms with Crippen LogP contribution in [0.25, 0.3) is 6.08 Å². The van der Waals surface area contributed by atoms with E-state index in [4.69, 9.17) is 0 Å². The highest BCUT2D eigenvalue weighted by atomic mass is 79.9. The molecule has 0 aliphatic heterocycles. The number of rotatable bonds is 3. The zero-order valence-corrected chi connectivity index (χ0v) is 16.0. The second kappa shape index (κ2) is 6.70. The molecule has 8 heteroatoms. The van der Waals surface area contributed by atoms with Gasteiger partial charge >= 0.3 is 6.03 Å². The molecular weight excluding hydrogens is 412 g/mol. The van der Waals surface area contributed by atoms with Crippen LogP contribution in [0.3, 0.4) is 0 Å². The lowest BCUT2D eigenvalue weighted by atomic mass is 10.0. The average molecular weight is 427 g/mol. The van der Waals surface area contributed by atoms with E-state index in [1.165, 1.54) is 6.26 Å². The summed E-state index contributed by atoms with van der Waals surface area (Å²) in [4.78, 5) is 12.2. The Hall–Kier alpha value is -1.64. The molecule has 1 aromatic heterocycles. The van der Waals surface area contributed by atoms with Gasteiger partial charge in [-0.1, -0.05) is 28.1 Å². The fourth-order valence-electron chi connectivity index (χ4n) is 2.48. The molecule has 0 saturated carbocycles. The molecule has 2 amide bonds. The van der Waals surface area contributed by atoms with E-state index in [1.54, 1.807) is 12.1 Å². The van der Waals surface area contributed by atoms with Crippen LogP contribution in [0.4, 0.5) is 15.5 Å². The summed E-state index contributed by atoms with van der Waals surface area (Å²) < 4.78 is 25.2. The highest BCUT2D eigenvalue weighted by Crippen LogP contribution is 2.40. The quantitative estimate of drug-likeness (QED) is 0.757. The first kappa shape index (κ1) is 17.2. The number of hydrogen-bond acceptors (Lipinski definition) is 4. The number of carbonyl (C=O) groups excluding carboxylic acids is 1. The van der Waals surface area contributed by atoms with Gasteiger partial charge in [-0.05, 0) is 42.7 Å². The Balaban J connectivity index is 1.85. The molecule has 1 heterocycles. The smallest absolute Gasteiger partial charge is 0.308 e. The maximum atomic E-state index is 12.2. The number of nitrogens with one attached hydrogen (secondary N) is 2. The van der Waals surface area contributed by atoms with Crippen LogP contribution >= 0.6 is 27.3 Å². The number of allylic oxidation sites excluding steroid dienone is 1. The van der Waals surface area contributed by atoms with Crippen LogP contribution in [0, 0.1) is 0 Å². The molecule has 0 fully saturated rings. The molecule has 1 aromatic carbocycles. The summed E-state index contributed by atoms with van der Waals surface area (Å²) in [5.41, 5.74) is 2.24. The maximum absolute atomic E-state index is 12.2. The minimum absolute atomic E-state index is 0.299. The van der Waals surface area contributed by atoms with Gasteiger partial charge in [-0.2, -0.15) is 0 Å². The predicted octanol–water partition coefficient (Wildman–Crippen LogP) is 4.52. The van der Waals surface area contributed by atoms with E-state index in [0.717, 1.165) is 27.8 Å². The van der Waals surface area contributed by atoms with Crippen LogP contribution in [0.15, 0.2) is 39.0 Å². The maximum Gasteiger partial charge on any atom is 0.324 e. The molecule has 1 aliphatic carbocycles. The molecule has 1 aliphatic rings. The summed E-state index contributed by atoms with van der Waals surface area (Å²) in [6, 6.07) is 6.82. The van der Waals surface area contributed by atoms with Crippen molar-refractivity contribution < 1.29 is 13.2 Å². The van der Waals surface area contributed by atoms with Gasteiger partial charge in [0, 0.05) is 22.0 Å². The lowest BCUT2D eigenvalue weighted by Gasteiger charge is -2.10. The monoisotopic (exact) mass is 426 g/mol. The normalized spacial score (nSPS) is 13.4. The number of amides is 2. The van der Waals surface area contributed by atoms with Gasteiger partial charge < -0.3 is 5.32 Å². The number of benzene rings is 1. The standard InChI is InChI=1S/C16H15BrN2O3S2/c1-24(21,22)15-13-5-3-2-4-12(13)14(23-15)19-16(20)18-11-8-6-10(17)7-9-11/h3,5-9H,2,4H2,1H3,(H2,18,19,20). The number of hydrogen-bond donors (Lipinski definition) is 2. The van der Waals surface area contributed by atoms with E-state index in [-0.39, 0.29) is 0 Å². The first-order chi connectivity index (χ1) is 11.3. The zero-order valence-electron chi connectivity index (χ0n) is 12.8. The first-order valence-electron chi connectivity index (χ1n) is 7.20. The molecule has 0 spiro atoms. The van der Waals surface area contributed by atoms with Gasteiger partial charge in [0.15, 0.2) is 9.84 Å². The third kappa shape index (κ3) is 3.71. The van der Waals surface area contributed by atoms with Crippen LogP contribution in [-0.4, -0.2) is 20.7 Å². The Morgan fingerprint density at radius 3 is 2.58 bits per heavy atom. The van der Waals surface area contributed by atoms with Crippen molar-refractivity contribution >= 4 is 59.9 Å². The van der Waals surface area contributed by atoms with Crippen LogP contribution in [-0.2, 0) is 16.3 Å². The number of sulfone groups is 1. The van der Waals surface area contributed by atoms with E-state index in [1.807, 2.05) is 24.3 Å². The van der Waals surface area contributed by atoms with Gasteiger partial charge in [0.05, 0.1) is 0 Å². The molecule has 3 rings (SSSR count). The lowest BCUT2D eigenvalue weighted by Crippen LogP contribution is -2.19. The Labute approximate surface area is 152 Å². The fourth-order valence-corrected chi connectivity index (χ4v) is 5.15. The summed E-state index contributed by atoms with van der Waals surface area (Å²) in [6.45, 7) is 0. The Kier molecular flexibility index (Phi) is 4.80. The number of halogens is 1. The molecule has 5 nitrogen and oxygen atoms in total. The number of urea groups is 1. The molecular formula is C16H15BrN2O3S2. The topological polar surface area (TPSA) is 75.3 Å². The molecule has 0 saturated heterocycles. The van der Waals surface area contributed by atoms with Crippen LogP contribution in [0.5, 0.6) is 0 Å². The Morgan fingerprint density at radius 2 is 1.92 bits per heavy atom. The van der Waals surface area contributed by atoms with Crippen LogP contribution in [0.2, 0.25) is 0 Å². The van der Waals surface area contributed by atoms with Gasteiger partial charge in [0.2, 0.25) is 0 Å². The number of carbonyl (C=O) groups is 1.